The number of aromatic nitrogens is 2. The zero-order valence-corrected chi connectivity index (χ0v) is 13.4. The van der Waals surface area contributed by atoms with Crippen molar-refractivity contribution in [1.82, 2.24) is 9.97 Å². The predicted molar refractivity (Wildman–Crippen MR) is 91.5 cm³/mol. The van der Waals surface area contributed by atoms with E-state index in [4.69, 9.17) is 11.6 Å². The van der Waals surface area contributed by atoms with Crippen molar-refractivity contribution in [2.75, 3.05) is 10.6 Å². The lowest BCUT2D eigenvalue weighted by atomic mass is 10.2. The van der Waals surface area contributed by atoms with E-state index in [1.807, 2.05) is 0 Å². The van der Waals surface area contributed by atoms with Gasteiger partial charge in [0.1, 0.15) is 5.82 Å². The number of hydrogen-bond donors (Lipinski definition) is 2. The predicted octanol–water partition coefficient (Wildman–Crippen LogP) is 5.64. The first-order chi connectivity index (χ1) is 11.9. The molecule has 0 atom stereocenters. The Morgan fingerprint density at radius 3 is 2.48 bits per heavy atom. The van der Waals surface area contributed by atoms with Crippen LogP contribution in [0.2, 0.25) is 5.02 Å². The maximum absolute atomic E-state index is 12.8. The Hall–Kier alpha value is -2.80. The summed E-state index contributed by atoms with van der Waals surface area (Å²) in [6, 6.07) is 13.5. The van der Waals surface area contributed by atoms with E-state index < -0.39 is 11.7 Å². The maximum Gasteiger partial charge on any atom is 0.416 e. The van der Waals surface area contributed by atoms with Gasteiger partial charge in [-0.3, -0.25) is 0 Å². The summed E-state index contributed by atoms with van der Waals surface area (Å²) in [5.74, 6) is 0.619. The summed E-state index contributed by atoms with van der Waals surface area (Å²) in [6.07, 6.45) is -2.91. The number of halogens is 4. The first-order valence-corrected chi connectivity index (χ1v) is 7.58. The molecule has 8 heteroatoms. The monoisotopic (exact) mass is 364 g/mol. The number of nitrogens with zero attached hydrogens (tertiary/aromatic N) is 2. The Bertz CT molecular complexity index is 884. The molecule has 1 aromatic heterocycles. The second-order valence-electron chi connectivity index (χ2n) is 5.07. The van der Waals surface area contributed by atoms with Gasteiger partial charge in [-0.2, -0.15) is 18.2 Å². The molecule has 0 aliphatic heterocycles. The fraction of sp³-hybridized carbons (Fsp3) is 0.0588. The van der Waals surface area contributed by atoms with Gasteiger partial charge < -0.3 is 10.6 Å². The summed E-state index contributed by atoms with van der Waals surface area (Å²) < 4.78 is 38.3. The maximum atomic E-state index is 12.8. The van der Waals surface area contributed by atoms with Gasteiger partial charge in [0.05, 0.1) is 16.3 Å². The van der Waals surface area contributed by atoms with Crippen molar-refractivity contribution in [1.29, 1.82) is 0 Å². The molecule has 3 aromatic rings. The Labute approximate surface area is 146 Å². The zero-order chi connectivity index (χ0) is 17.9. The Kier molecular flexibility index (Phi) is 4.76. The van der Waals surface area contributed by atoms with Gasteiger partial charge in [-0.1, -0.05) is 29.8 Å². The standard InChI is InChI=1S/C17H12ClF3N4/c18-13-6-1-2-7-14(13)24-16-22-9-8-15(25-16)23-12-5-3-4-11(10-12)17(19,20)21/h1-10H,(H2,22,23,24,25). The lowest BCUT2D eigenvalue weighted by Gasteiger charge is -2.11. The van der Waals surface area contributed by atoms with Crippen LogP contribution in [0.25, 0.3) is 0 Å². The molecule has 4 nitrogen and oxygen atoms in total. The summed E-state index contributed by atoms with van der Waals surface area (Å²) in [5, 5.41) is 6.30. The molecule has 0 bridgehead atoms. The highest BCUT2D eigenvalue weighted by Gasteiger charge is 2.30. The number of rotatable bonds is 4. The number of benzene rings is 2. The first-order valence-electron chi connectivity index (χ1n) is 7.21. The normalized spacial score (nSPS) is 11.2. The minimum absolute atomic E-state index is 0.269. The van der Waals surface area contributed by atoms with Crippen molar-refractivity contribution in [2.45, 2.75) is 6.18 Å². The van der Waals surface area contributed by atoms with E-state index in [0.717, 1.165) is 12.1 Å². The molecule has 0 saturated carbocycles. The molecule has 2 N–H and O–H groups in total. The minimum atomic E-state index is -4.40. The van der Waals surface area contributed by atoms with E-state index >= 15 is 0 Å². The summed E-state index contributed by atoms with van der Waals surface area (Å²) in [4.78, 5) is 8.30. The van der Waals surface area contributed by atoms with Gasteiger partial charge in [0, 0.05) is 11.9 Å². The molecule has 0 fully saturated rings. The van der Waals surface area contributed by atoms with Gasteiger partial charge >= 0.3 is 6.18 Å². The average Bonchev–Trinajstić information content (AvgIpc) is 2.57. The lowest BCUT2D eigenvalue weighted by molar-refractivity contribution is -0.137. The van der Waals surface area contributed by atoms with Gasteiger partial charge in [0.15, 0.2) is 0 Å². The topological polar surface area (TPSA) is 49.8 Å². The molecule has 0 aliphatic carbocycles. The Morgan fingerprint density at radius 2 is 1.72 bits per heavy atom. The second kappa shape index (κ2) is 6.98. The summed E-state index contributed by atoms with van der Waals surface area (Å²) in [5.41, 5.74) is 0.165. The molecule has 0 unspecified atom stereocenters. The van der Waals surface area contributed by atoms with Crippen LogP contribution in [0, 0.1) is 0 Å². The van der Waals surface area contributed by atoms with E-state index in [-0.39, 0.29) is 11.6 Å². The van der Waals surface area contributed by atoms with Crippen LogP contribution >= 0.6 is 11.6 Å². The van der Waals surface area contributed by atoms with Gasteiger partial charge in [0.2, 0.25) is 5.95 Å². The fourth-order valence-corrected chi connectivity index (χ4v) is 2.28. The molecule has 2 aromatic carbocycles. The molecule has 3 rings (SSSR count). The van der Waals surface area contributed by atoms with Crippen LogP contribution in [0.15, 0.2) is 60.8 Å². The average molecular weight is 365 g/mol. The van der Waals surface area contributed by atoms with E-state index in [0.29, 0.717) is 16.5 Å². The van der Waals surface area contributed by atoms with Gasteiger partial charge in [-0.15, -0.1) is 0 Å². The van der Waals surface area contributed by atoms with Crippen molar-refractivity contribution >= 4 is 34.7 Å². The molecule has 0 saturated heterocycles. The quantitative estimate of drug-likeness (QED) is 0.629. The highest BCUT2D eigenvalue weighted by molar-refractivity contribution is 6.33. The molecule has 1 heterocycles. The van der Waals surface area contributed by atoms with Crippen LogP contribution < -0.4 is 10.6 Å². The fourth-order valence-electron chi connectivity index (χ4n) is 2.09. The molecule has 0 spiro atoms. The largest absolute Gasteiger partial charge is 0.416 e. The molecule has 0 aliphatic rings. The number of hydrogen-bond acceptors (Lipinski definition) is 4. The molecular weight excluding hydrogens is 353 g/mol. The first kappa shape index (κ1) is 17.0. The van der Waals surface area contributed by atoms with Gasteiger partial charge in [-0.25, -0.2) is 4.98 Å². The van der Waals surface area contributed by atoms with Crippen LogP contribution in [0.4, 0.5) is 36.3 Å². The van der Waals surface area contributed by atoms with Crippen LogP contribution in [0.5, 0.6) is 0 Å². The van der Waals surface area contributed by atoms with Gasteiger partial charge in [-0.05, 0) is 36.4 Å². The molecule has 0 radical (unpaired) electrons. The summed E-state index contributed by atoms with van der Waals surface area (Å²) in [6.45, 7) is 0. The highest BCUT2D eigenvalue weighted by atomic mass is 35.5. The molecular formula is C17H12ClF3N4. The van der Waals surface area contributed by atoms with Crippen LogP contribution in [-0.2, 0) is 6.18 Å². The molecule has 25 heavy (non-hydrogen) atoms. The summed E-state index contributed by atoms with van der Waals surface area (Å²) >= 11 is 6.06. The van der Waals surface area contributed by atoms with E-state index in [9.17, 15) is 13.2 Å². The van der Waals surface area contributed by atoms with Crippen molar-refractivity contribution in [3.05, 3.63) is 71.4 Å². The zero-order valence-electron chi connectivity index (χ0n) is 12.7. The second-order valence-corrected chi connectivity index (χ2v) is 5.48. The van der Waals surface area contributed by atoms with E-state index in [2.05, 4.69) is 20.6 Å². The Balaban J connectivity index is 1.80. The molecule has 128 valence electrons. The molecule has 0 amide bonds. The van der Waals surface area contributed by atoms with E-state index in [1.165, 1.54) is 18.3 Å². The number of anilines is 4. The highest BCUT2D eigenvalue weighted by Crippen LogP contribution is 2.31. The number of nitrogens with one attached hydrogen (secondary N) is 2. The third-order valence-electron chi connectivity index (χ3n) is 3.24. The van der Waals surface area contributed by atoms with E-state index in [1.54, 1.807) is 30.3 Å². The smallest absolute Gasteiger partial charge is 0.340 e. The van der Waals surface area contributed by atoms with Gasteiger partial charge in [0.25, 0.3) is 0 Å². The Morgan fingerprint density at radius 1 is 0.920 bits per heavy atom. The van der Waals surface area contributed by atoms with Crippen LogP contribution in [0.3, 0.4) is 0 Å². The third-order valence-corrected chi connectivity index (χ3v) is 3.57. The SMILES string of the molecule is FC(F)(F)c1cccc(Nc2ccnc(Nc3ccccc3Cl)n2)c1. The van der Waals surface area contributed by atoms with Crippen LogP contribution in [-0.4, -0.2) is 9.97 Å². The van der Waals surface area contributed by atoms with Crippen LogP contribution in [0.1, 0.15) is 5.56 Å². The third kappa shape index (κ3) is 4.39. The number of para-hydroxylation sites is 1. The van der Waals surface area contributed by atoms with Crippen molar-refractivity contribution < 1.29 is 13.2 Å². The lowest BCUT2D eigenvalue weighted by Crippen LogP contribution is -2.05. The van der Waals surface area contributed by atoms with Crippen molar-refractivity contribution in [3.8, 4) is 0 Å². The number of alkyl halides is 3. The minimum Gasteiger partial charge on any atom is -0.340 e. The van der Waals surface area contributed by atoms with Crippen molar-refractivity contribution in [3.63, 3.8) is 0 Å². The van der Waals surface area contributed by atoms with Crippen molar-refractivity contribution in [2.24, 2.45) is 0 Å². The summed E-state index contributed by atoms with van der Waals surface area (Å²) in [7, 11) is 0.